The Labute approximate surface area is 148 Å². The molecule has 0 aliphatic heterocycles. The van der Waals surface area contributed by atoms with E-state index in [1.807, 2.05) is 52.3 Å². The van der Waals surface area contributed by atoms with Gasteiger partial charge in [-0.1, -0.05) is 12.1 Å². The Balaban J connectivity index is 1.97. The van der Waals surface area contributed by atoms with E-state index in [1.165, 1.54) is 0 Å². The van der Waals surface area contributed by atoms with E-state index >= 15 is 0 Å². The zero-order valence-corrected chi connectivity index (χ0v) is 15.4. The molecule has 1 atom stereocenters. The van der Waals surface area contributed by atoms with Gasteiger partial charge in [-0.3, -0.25) is 4.90 Å². The number of hydrogen-bond donors (Lipinski definition) is 1. The number of methoxy groups -OCH3 is 1. The molecule has 1 heterocycles. The van der Waals surface area contributed by atoms with Gasteiger partial charge in [-0.2, -0.15) is 15.0 Å². The van der Waals surface area contributed by atoms with Crippen LogP contribution < -0.4 is 20.1 Å². The number of aromatic nitrogens is 3. The zero-order valence-electron chi connectivity index (χ0n) is 15.4. The average molecular weight is 346 g/mol. The van der Waals surface area contributed by atoms with Crippen molar-refractivity contribution in [2.45, 2.75) is 13.0 Å². The SMILES string of the molecule is COc1ccccc1OCCN(C)[C@@H](C)c1nc(N)nc(N(C)C)n1. The number of rotatable bonds is 8. The normalized spacial score (nSPS) is 12.1. The summed E-state index contributed by atoms with van der Waals surface area (Å²) in [7, 11) is 7.36. The molecule has 2 aromatic rings. The van der Waals surface area contributed by atoms with E-state index in [0.717, 1.165) is 11.5 Å². The summed E-state index contributed by atoms with van der Waals surface area (Å²) in [6.07, 6.45) is 0. The molecular weight excluding hydrogens is 320 g/mol. The Bertz CT molecular complexity index is 695. The molecule has 0 bridgehead atoms. The minimum atomic E-state index is -0.0229. The van der Waals surface area contributed by atoms with Gasteiger partial charge in [-0.05, 0) is 26.1 Å². The van der Waals surface area contributed by atoms with Gasteiger partial charge in [0.05, 0.1) is 13.2 Å². The van der Waals surface area contributed by atoms with Crippen LogP contribution in [0.2, 0.25) is 0 Å². The summed E-state index contributed by atoms with van der Waals surface area (Å²) in [4.78, 5) is 16.8. The van der Waals surface area contributed by atoms with Crippen LogP contribution in [0.15, 0.2) is 24.3 Å². The Morgan fingerprint density at radius 3 is 2.40 bits per heavy atom. The van der Waals surface area contributed by atoms with Gasteiger partial charge < -0.3 is 20.1 Å². The molecule has 0 saturated carbocycles. The van der Waals surface area contributed by atoms with Gasteiger partial charge in [0.25, 0.3) is 0 Å². The first kappa shape index (κ1) is 18.7. The van der Waals surface area contributed by atoms with Crippen LogP contribution in [0.5, 0.6) is 11.5 Å². The van der Waals surface area contributed by atoms with Gasteiger partial charge in [0.15, 0.2) is 17.3 Å². The summed E-state index contributed by atoms with van der Waals surface area (Å²) in [5.41, 5.74) is 5.80. The molecule has 2 rings (SSSR count). The second-order valence-corrected chi connectivity index (χ2v) is 5.90. The van der Waals surface area contributed by atoms with Crippen molar-refractivity contribution in [1.82, 2.24) is 19.9 Å². The first-order chi connectivity index (χ1) is 11.9. The maximum Gasteiger partial charge on any atom is 0.229 e. The lowest BCUT2D eigenvalue weighted by atomic mass is 10.3. The Kier molecular flexibility index (Phi) is 6.35. The molecule has 136 valence electrons. The highest BCUT2D eigenvalue weighted by Gasteiger charge is 2.17. The van der Waals surface area contributed by atoms with E-state index in [-0.39, 0.29) is 12.0 Å². The number of nitrogens with two attached hydrogens (primary N) is 1. The van der Waals surface area contributed by atoms with Crippen LogP contribution in [0, 0.1) is 0 Å². The highest BCUT2D eigenvalue weighted by atomic mass is 16.5. The van der Waals surface area contributed by atoms with E-state index in [1.54, 1.807) is 12.0 Å². The maximum absolute atomic E-state index is 5.82. The van der Waals surface area contributed by atoms with Crippen molar-refractivity contribution in [2.75, 3.05) is 52.0 Å². The lowest BCUT2D eigenvalue weighted by molar-refractivity contribution is 0.192. The second kappa shape index (κ2) is 8.48. The van der Waals surface area contributed by atoms with Crippen LogP contribution in [0.25, 0.3) is 0 Å². The predicted octanol–water partition coefficient (Wildman–Crippen LogP) is 1.60. The number of anilines is 2. The summed E-state index contributed by atoms with van der Waals surface area (Å²) in [6, 6.07) is 7.56. The van der Waals surface area contributed by atoms with Crippen LogP contribution in [-0.4, -0.2) is 61.3 Å². The number of hydrogen-bond acceptors (Lipinski definition) is 8. The fourth-order valence-corrected chi connectivity index (χ4v) is 2.21. The average Bonchev–Trinajstić information content (AvgIpc) is 2.60. The summed E-state index contributed by atoms with van der Waals surface area (Å²) >= 11 is 0. The van der Waals surface area contributed by atoms with E-state index in [0.29, 0.717) is 24.9 Å². The van der Waals surface area contributed by atoms with Gasteiger partial charge in [-0.15, -0.1) is 0 Å². The molecule has 25 heavy (non-hydrogen) atoms. The van der Waals surface area contributed by atoms with Crippen LogP contribution in [0.3, 0.4) is 0 Å². The molecular formula is C17H26N6O2. The molecule has 8 heteroatoms. The fourth-order valence-electron chi connectivity index (χ4n) is 2.21. The van der Waals surface area contributed by atoms with Crippen molar-refractivity contribution < 1.29 is 9.47 Å². The second-order valence-electron chi connectivity index (χ2n) is 5.90. The van der Waals surface area contributed by atoms with Crippen LogP contribution in [0.4, 0.5) is 11.9 Å². The third-order valence-electron chi connectivity index (χ3n) is 3.86. The van der Waals surface area contributed by atoms with Gasteiger partial charge >= 0.3 is 0 Å². The lowest BCUT2D eigenvalue weighted by Crippen LogP contribution is -2.29. The molecule has 0 aliphatic rings. The number of likely N-dealkylation sites (N-methyl/N-ethyl adjacent to an activating group) is 1. The van der Waals surface area contributed by atoms with E-state index < -0.39 is 0 Å². The van der Waals surface area contributed by atoms with E-state index in [4.69, 9.17) is 15.2 Å². The van der Waals surface area contributed by atoms with E-state index in [9.17, 15) is 0 Å². The molecule has 1 aromatic carbocycles. The zero-order chi connectivity index (χ0) is 18.4. The fraction of sp³-hybridized carbons (Fsp3) is 0.471. The first-order valence-electron chi connectivity index (χ1n) is 8.07. The molecule has 0 spiro atoms. The van der Waals surface area contributed by atoms with Crippen molar-refractivity contribution >= 4 is 11.9 Å². The molecule has 0 radical (unpaired) electrons. The maximum atomic E-state index is 5.82. The van der Waals surface area contributed by atoms with E-state index in [2.05, 4.69) is 19.9 Å². The summed E-state index contributed by atoms with van der Waals surface area (Å²) < 4.78 is 11.1. The number of nitrogen functional groups attached to an aromatic ring is 1. The number of para-hydroxylation sites is 2. The number of benzene rings is 1. The van der Waals surface area contributed by atoms with Crippen molar-refractivity contribution in [2.24, 2.45) is 0 Å². The minimum Gasteiger partial charge on any atom is -0.493 e. The lowest BCUT2D eigenvalue weighted by Gasteiger charge is -2.24. The largest absolute Gasteiger partial charge is 0.493 e. The first-order valence-corrected chi connectivity index (χ1v) is 8.07. The third-order valence-corrected chi connectivity index (χ3v) is 3.86. The Hall–Kier alpha value is -2.61. The van der Waals surface area contributed by atoms with Crippen LogP contribution >= 0.6 is 0 Å². The van der Waals surface area contributed by atoms with Crippen molar-refractivity contribution in [1.29, 1.82) is 0 Å². The molecule has 1 aromatic heterocycles. The molecule has 0 unspecified atom stereocenters. The molecule has 0 amide bonds. The van der Waals surface area contributed by atoms with Crippen LogP contribution in [-0.2, 0) is 0 Å². The highest BCUT2D eigenvalue weighted by molar-refractivity contribution is 5.39. The van der Waals surface area contributed by atoms with Crippen molar-refractivity contribution in [3.8, 4) is 11.5 Å². The predicted molar refractivity (Wildman–Crippen MR) is 98.1 cm³/mol. The van der Waals surface area contributed by atoms with Crippen molar-refractivity contribution in [3.63, 3.8) is 0 Å². The molecule has 0 saturated heterocycles. The van der Waals surface area contributed by atoms with Gasteiger partial charge in [0.1, 0.15) is 6.61 Å². The summed E-state index contributed by atoms with van der Waals surface area (Å²) in [6.45, 7) is 3.24. The molecule has 0 aliphatic carbocycles. The monoisotopic (exact) mass is 346 g/mol. The Morgan fingerprint density at radius 1 is 1.08 bits per heavy atom. The highest BCUT2D eigenvalue weighted by Crippen LogP contribution is 2.26. The summed E-state index contributed by atoms with van der Waals surface area (Å²) in [5.74, 6) is 2.85. The van der Waals surface area contributed by atoms with Gasteiger partial charge in [0.2, 0.25) is 11.9 Å². The van der Waals surface area contributed by atoms with Crippen molar-refractivity contribution in [3.05, 3.63) is 30.1 Å². The minimum absolute atomic E-state index is 0.0229. The van der Waals surface area contributed by atoms with Crippen LogP contribution in [0.1, 0.15) is 18.8 Å². The van der Waals surface area contributed by atoms with Gasteiger partial charge in [-0.25, -0.2) is 0 Å². The Morgan fingerprint density at radius 2 is 1.76 bits per heavy atom. The molecule has 2 N–H and O–H groups in total. The number of nitrogens with zero attached hydrogens (tertiary/aromatic N) is 5. The standard InChI is InChI=1S/C17H26N6O2/c1-12(15-19-16(18)21-17(20-15)22(2)3)23(4)10-11-25-14-9-7-6-8-13(14)24-5/h6-9,12H,10-11H2,1-5H3,(H2,18,19,20,21)/t12-/m0/s1. The topological polar surface area (TPSA) is 89.6 Å². The molecule has 0 fully saturated rings. The molecule has 8 nitrogen and oxygen atoms in total. The quantitative estimate of drug-likeness (QED) is 0.771. The van der Waals surface area contributed by atoms with Gasteiger partial charge in [0, 0.05) is 20.6 Å². The third kappa shape index (κ3) is 4.93. The number of ether oxygens (including phenoxy) is 2. The summed E-state index contributed by atoms with van der Waals surface area (Å²) in [5, 5.41) is 0. The smallest absolute Gasteiger partial charge is 0.229 e.